The molecule has 1 heterocycles. The highest BCUT2D eigenvalue weighted by atomic mass is 32.2. The van der Waals surface area contributed by atoms with Crippen molar-refractivity contribution in [3.05, 3.63) is 35.9 Å². The summed E-state index contributed by atoms with van der Waals surface area (Å²) in [5.41, 5.74) is 1.30. The van der Waals surface area contributed by atoms with Crippen molar-refractivity contribution in [3.63, 3.8) is 0 Å². The lowest BCUT2D eigenvalue weighted by Crippen LogP contribution is -2.56. The van der Waals surface area contributed by atoms with E-state index in [-0.39, 0.29) is 24.2 Å². The number of unbranched alkanes of at least 4 members (excludes halogenated alkanes) is 1. The molecule has 0 aliphatic carbocycles. The second-order valence-electron chi connectivity index (χ2n) is 8.12. The summed E-state index contributed by atoms with van der Waals surface area (Å²) in [6, 6.07) is 10.5. The number of nitrogens with one attached hydrogen (secondary N) is 1. The number of piperidine rings is 1. The van der Waals surface area contributed by atoms with Crippen LogP contribution >= 0.6 is 0 Å². The van der Waals surface area contributed by atoms with Gasteiger partial charge in [0.15, 0.2) is 0 Å². The lowest BCUT2D eigenvalue weighted by atomic mass is 9.84. The highest BCUT2D eigenvalue weighted by Gasteiger charge is 2.36. The first-order valence-corrected chi connectivity index (χ1v) is 11.9. The molecule has 7 heteroatoms. The largest absolute Gasteiger partial charge is 0.341 e. The van der Waals surface area contributed by atoms with Gasteiger partial charge in [0.2, 0.25) is 15.9 Å². The zero-order chi connectivity index (χ0) is 20.7. The van der Waals surface area contributed by atoms with Crippen LogP contribution < -0.4 is 4.72 Å². The molecule has 1 aromatic rings. The summed E-state index contributed by atoms with van der Waals surface area (Å²) < 4.78 is 26.4. The molecule has 1 aliphatic rings. The van der Waals surface area contributed by atoms with Crippen LogP contribution in [0, 0.1) is 11.8 Å². The third-order valence-corrected chi connectivity index (χ3v) is 6.97. The van der Waals surface area contributed by atoms with E-state index >= 15 is 0 Å². The van der Waals surface area contributed by atoms with E-state index in [9.17, 15) is 13.2 Å². The minimum atomic E-state index is -3.38. The molecule has 28 heavy (non-hydrogen) atoms. The van der Waals surface area contributed by atoms with Gasteiger partial charge in [-0.3, -0.25) is 9.69 Å². The van der Waals surface area contributed by atoms with Crippen LogP contribution in [0.15, 0.2) is 30.3 Å². The van der Waals surface area contributed by atoms with E-state index in [2.05, 4.69) is 47.7 Å². The average Bonchev–Trinajstić information content (AvgIpc) is 2.64. The van der Waals surface area contributed by atoms with Crippen molar-refractivity contribution in [2.75, 3.05) is 32.4 Å². The number of likely N-dealkylation sites (N-methyl/N-ethyl adjacent to an activating group) is 1. The molecule has 2 rings (SSSR count). The number of nitrogens with zero attached hydrogens (tertiary/aromatic N) is 2. The van der Waals surface area contributed by atoms with E-state index in [1.807, 2.05) is 13.0 Å². The molecular formula is C21H35N3O3S. The van der Waals surface area contributed by atoms with Gasteiger partial charge in [-0.25, -0.2) is 13.1 Å². The standard InChI is InChI=1S/C21H35N3O3S/c1-5-6-12-28(26,27)22-13-20(25)23(4)21-17(2)14-24(15-18(21)3)16-19-10-8-7-9-11-19/h7-11,17-18,21-22H,5-6,12-16H2,1-4H3. The van der Waals surface area contributed by atoms with Gasteiger partial charge in [-0.2, -0.15) is 0 Å². The topological polar surface area (TPSA) is 69.7 Å². The first-order valence-electron chi connectivity index (χ1n) is 10.2. The van der Waals surface area contributed by atoms with Gasteiger partial charge in [0, 0.05) is 32.7 Å². The van der Waals surface area contributed by atoms with Crippen LogP contribution in [0.2, 0.25) is 0 Å². The minimum Gasteiger partial charge on any atom is -0.341 e. The van der Waals surface area contributed by atoms with Crippen molar-refractivity contribution in [1.82, 2.24) is 14.5 Å². The lowest BCUT2D eigenvalue weighted by molar-refractivity contribution is -0.134. The predicted octanol–water partition coefficient (Wildman–Crippen LogP) is 2.32. The number of benzene rings is 1. The Labute approximate surface area is 170 Å². The van der Waals surface area contributed by atoms with E-state index in [0.717, 1.165) is 26.1 Å². The quantitative estimate of drug-likeness (QED) is 0.680. The molecule has 1 aromatic carbocycles. The molecule has 0 saturated carbocycles. The van der Waals surface area contributed by atoms with Crippen molar-refractivity contribution in [2.45, 2.75) is 46.2 Å². The Balaban J connectivity index is 1.91. The molecule has 0 spiro atoms. The lowest BCUT2D eigenvalue weighted by Gasteiger charge is -2.45. The van der Waals surface area contributed by atoms with Crippen LogP contribution in [-0.4, -0.2) is 62.6 Å². The predicted molar refractivity (Wildman–Crippen MR) is 113 cm³/mol. The van der Waals surface area contributed by atoms with Crippen molar-refractivity contribution in [1.29, 1.82) is 0 Å². The van der Waals surface area contributed by atoms with Gasteiger partial charge in [-0.15, -0.1) is 0 Å². The van der Waals surface area contributed by atoms with Gasteiger partial charge in [0.25, 0.3) is 0 Å². The Morgan fingerprint density at radius 1 is 1.18 bits per heavy atom. The number of rotatable bonds is 9. The van der Waals surface area contributed by atoms with E-state index in [4.69, 9.17) is 0 Å². The highest BCUT2D eigenvalue weighted by molar-refractivity contribution is 7.89. The first kappa shape index (κ1) is 22.8. The van der Waals surface area contributed by atoms with E-state index in [1.165, 1.54) is 5.56 Å². The second kappa shape index (κ2) is 10.4. The summed E-state index contributed by atoms with van der Waals surface area (Å²) in [6.07, 6.45) is 1.42. The summed E-state index contributed by atoms with van der Waals surface area (Å²) in [5.74, 6) is 0.544. The Bertz CT molecular complexity index is 712. The maximum atomic E-state index is 12.6. The van der Waals surface area contributed by atoms with Crippen molar-refractivity contribution in [3.8, 4) is 0 Å². The Morgan fingerprint density at radius 3 is 2.36 bits per heavy atom. The molecule has 2 atom stereocenters. The van der Waals surface area contributed by atoms with Gasteiger partial charge in [-0.05, 0) is 23.8 Å². The second-order valence-corrected chi connectivity index (χ2v) is 10.0. The van der Waals surface area contributed by atoms with E-state index in [0.29, 0.717) is 18.3 Å². The number of sulfonamides is 1. The molecule has 0 radical (unpaired) electrons. The monoisotopic (exact) mass is 409 g/mol. The van der Waals surface area contributed by atoms with Gasteiger partial charge in [-0.1, -0.05) is 57.5 Å². The number of hydrogen-bond donors (Lipinski definition) is 1. The fourth-order valence-corrected chi connectivity index (χ4v) is 5.43. The number of carbonyl (C=O) groups excluding carboxylic acids is 1. The van der Waals surface area contributed by atoms with Crippen molar-refractivity contribution >= 4 is 15.9 Å². The van der Waals surface area contributed by atoms with Crippen LogP contribution in [0.25, 0.3) is 0 Å². The number of likely N-dealkylation sites (tertiary alicyclic amines) is 1. The van der Waals surface area contributed by atoms with Crippen LogP contribution in [0.4, 0.5) is 0 Å². The molecule has 1 saturated heterocycles. The fraction of sp³-hybridized carbons (Fsp3) is 0.667. The fourth-order valence-electron chi connectivity index (χ4n) is 4.27. The van der Waals surface area contributed by atoms with Crippen LogP contribution in [-0.2, 0) is 21.4 Å². The molecule has 1 fully saturated rings. The molecule has 2 unspecified atom stereocenters. The summed E-state index contributed by atoms with van der Waals surface area (Å²) >= 11 is 0. The van der Waals surface area contributed by atoms with Gasteiger partial charge >= 0.3 is 0 Å². The Hall–Kier alpha value is -1.44. The van der Waals surface area contributed by atoms with Crippen molar-refractivity contribution in [2.24, 2.45) is 11.8 Å². The van der Waals surface area contributed by atoms with Crippen LogP contribution in [0.1, 0.15) is 39.2 Å². The number of hydrogen-bond acceptors (Lipinski definition) is 4. The van der Waals surface area contributed by atoms with Crippen LogP contribution in [0.3, 0.4) is 0 Å². The zero-order valence-corrected chi connectivity index (χ0v) is 18.4. The average molecular weight is 410 g/mol. The zero-order valence-electron chi connectivity index (χ0n) is 17.6. The Morgan fingerprint density at radius 2 is 1.79 bits per heavy atom. The van der Waals surface area contributed by atoms with Gasteiger partial charge in [0.1, 0.15) is 0 Å². The SMILES string of the molecule is CCCCS(=O)(=O)NCC(=O)N(C)C1C(C)CN(Cc2ccccc2)CC1C. The molecule has 1 N–H and O–H groups in total. The first-order chi connectivity index (χ1) is 13.2. The maximum Gasteiger partial charge on any atom is 0.237 e. The molecular weight excluding hydrogens is 374 g/mol. The molecule has 158 valence electrons. The van der Waals surface area contributed by atoms with Crippen LogP contribution in [0.5, 0.6) is 0 Å². The maximum absolute atomic E-state index is 12.6. The van der Waals surface area contributed by atoms with E-state index < -0.39 is 10.0 Å². The highest BCUT2D eigenvalue weighted by Crippen LogP contribution is 2.27. The Kier molecular flexibility index (Phi) is 8.46. The minimum absolute atomic E-state index is 0.0746. The third-order valence-electron chi connectivity index (χ3n) is 5.56. The van der Waals surface area contributed by atoms with E-state index in [1.54, 1.807) is 11.9 Å². The molecule has 6 nitrogen and oxygen atoms in total. The normalized spacial score (nSPS) is 23.5. The molecule has 1 aliphatic heterocycles. The van der Waals surface area contributed by atoms with Crippen molar-refractivity contribution < 1.29 is 13.2 Å². The molecule has 0 bridgehead atoms. The third kappa shape index (κ3) is 6.57. The smallest absolute Gasteiger partial charge is 0.237 e. The summed E-state index contributed by atoms with van der Waals surface area (Å²) in [5, 5.41) is 0. The number of amides is 1. The molecule has 1 amide bonds. The summed E-state index contributed by atoms with van der Waals surface area (Å²) in [7, 11) is -1.58. The summed E-state index contributed by atoms with van der Waals surface area (Å²) in [4.78, 5) is 16.8. The summed E-state index contributed by atoms with van der Waals surface area (Å²) in [6.45, 7) is 8.89. The van der Waals surface area contributed by atoms with Gasteiger partial charge < -0.3 is 4.90 Å². The van der Waals surface area contributed by atoms with Gasteiger partial charge in [0.05, 0.1) is 12.3 Å². The number of carbonyl (C=O) groups is 1. The molecule has 0 aromatic heterocycles.